The molecule has 0 radical (unpaired) electrons. The maximum atomic E-state index is 13.0. The van der Waals surface area contributed by atoms with E-state index >= 15 is 0 Å². The van der Waals surface area contributed by atoms with Crippen molar-refractivity contribution in [2.75, 3.05) is 12.4 Å². The van der Waals surface area contributed by atoms with Crippen molar-refractivity contribution in [3.63, 3.8) is 0 Å². The molecule has 0 spiro atoms. The first-order valence-electron chi connectivity index (χ1n) is 6.78. The molecule has 0 aromatic heterocycles. The van der Waals surface area contributed by atoms with Crippen molar-refractivity contribution in [3.8, 4) is 5.75 Å². The van der Waals surface area contributed by atoms with Gasteiger partial charge in [-0.2, -0.15) is 0 Å². The first-order chi connectivity index (χ1) is 10.1. The Bertz CT molecular complexity index is 640. The third-order valence-electron chi connectivity index (χ3n) is 3.28. The minimum absolute atomic E-state index is 0.101. The van der Waals surface area contributed by atoms with E-state index in [4.69, 9.17) is 4.74 Å². The molecular weight excluding hydrogens is 269 g/mol. The molecule has 2 aromatic rings. The largest absolute Gasteiger partial charge is 0.496 e. The highest BCUT2D eigenvalue weighted by atomic mass is 19.1. The second-order valence-electron chi connectivity index (χ2n) is 4.82. The molecule has 4 heteroatoms. The predicted molar refractivity (Wildman–Crippen MR) is 81.1 cm³/mol. The van der Waals surface area contributed by atoms with Crippen LogP contribution < -0.4 is 10.1 Å². The van der Waals surface area contributed by atoms with Crippen LogP contribution >= 0.6 is 0 Å². The van der Waals surface area contributed by atoms with Crippen molar-refractivity contribution in [1.82, 2.24) is 0 Å². The highest BCUT2D eigenvalue weighted by molar-refractivity contribution is 5.91. The maximum Gasteiger partial charge on any atom is 0.224 e. The quantitative estimate of drug-likeness (QED) is 0.910. The van der Waals surface area contributed by atoms with E-state index in [0.717, 1.165) is 11.3 Å². The Morgan fingerprint density at radius 2 is 2.00 bits per heavy atom. The first-order valence-corrected chi connectivity index (χ1v) is 6.78. The van der Waals surface area contributed by atoms with E-state index in [1.54, 1.807) is 20.1 Å². The topological polar surface area (TPSA) is 38.3 Å². The number of hydrogen-bond acceptors (Lipinski definition) is 2. The van der Waals surface area contributed by atoms with Crippen LogP contribution in [-0.4, -0.2) is 13.0 Å². The molecule has 0 heterocycles. The van der Waals surface area contributed by atoms with Gasteiger partial charge in [0.25, 0.3) is 0 Å². The Morgan fingerprint density at radius 1 is 1.24 bits per heavy atom. The van der Waals surface area contributed by atoms with Crippen LogP contribution in [0.2, 0.25) is 0 Å². The highest BCUT2D eigenvalue weighted by Gasteiger charge is 2.08. The van der Waals surface area contributed by atoms with Gasteiger partial charge in [0, 0.05) is 12.1 Å². The Kier molecular flexibility index (Phi) is 4.93. The number of amides is 1. The van der Waals surface area contributed by atoms with Gasteiger partial charge in [0.1, 0.15) is 11.6 Å². The lowest BCUT2D eigenvalue weighted by Gasteiger charge is -2.10. The molecule has 110 valence electrons. The summed E-state index contributed by atoms with van der Waals surface area (Å²) in [5, 5.41) is 2.80. The summed E-state index contributed by atoms with van der Waals surface area (Å²) in [5.41, 5.74) is 2.34. The lowest BCUT2D eigenvalue weighted by molar-refractivity contribution is -0.116. The number of halogens is 1. The number of nitrogens with one attached hydrogen (secondary N) is 1. The normalized spacial score (nSPS) is 10.2. The van der Waals surface area contributed by atoms with E-state index in [2.05, 4.69) is 5.32 Å². The fraction of sp³-hybridized carbons (Fsp3) is 0.235. The number of carbonyl (C=O) groups excluding carboxylic acids is 1. The molecule has 0 saturated heterocycles. The number of ether oxygens (including phenoxy) is 1. The van der Waals surface area contributed by atoms with Crippen LogP contribution in [-0.2, 0) is 11.2 Å². The molecule has 0 aliphatic carbocycles. The third kappa shape index (κ3) is 4.05. The summed E-state index contributed by atoms with van der Waals surface area (Å²) < 4.78 is 18.3. The minimum Gasteiger partial charge on any atom is -0.496 e. The summed E-state index contributed by atoms with van der Waals surface area (Å²) >= 11 is 0. The van der Waals surface area contributed by atoms with Crippen molar-refractivity contribution < 1.29 is 13.9 Å². The molecule has 0 atom stereocenters. The molecular formula is C17H18FNO2. The van der Waals surface area contributed by atoms with Gasteiger partial charge in [0.15, 0.2) is 0 Å². The Morgan fingerprint density at radius 3 is 2.71 bits per heavy atom. The molecule has 2 aromatic carbocycles. The van der Waals surface area contributed by atoms with Crippen LogP contribution in [0.25, 0.3) is 0 Å². The molecule has 0 unspecified atom stereocenters. The number of anilines is 1. The summed E-state index contributed by atoms with van der Waals surface area (Å²) in [4.78, 5) is 12.0. The highest BCUT2D eigenvalue weighted by Crippen LogP contribution is 2.20. The number of aryl methyl sites for hydroxylation is 2. The second-order valence-corrected chi connectivity index (χ2v) is 4.82. The van der Waals surface area contributed by atoms with Gasteiger partial charge < -0.3 is 10.1 Å². The van der Waals surface area contributed by atoms with Gasteiger partial charge in [-0.3, -0.25) is 4.79 Å². The lowest BCUT2D eigenvalue weighted by Crippen LogP contribution is -2.13. The third-order valence-corrected chi connectivity index (χ3v) is 3.28. The van der Waals surface area contributed by atoms with E-state index in [-0.39, 0.29) is 11.7 Å². The summed E-state index contributed by atoms with van der Waals surface area (Å²) in [6.45, 7) is 1.76. The van der Waals surface area contributed by atoms with E-state index in [0.29, 0.717) is 24.1 Å². The standard InChI is InChI=1S/C17H18FNO2/c1-12-11-14(18)8-9-15(12)19-17(20)10-7-13-5-3-4-6-16(13)21-2/h3-6,8-9,11H,7,10H2,1-2H3,(H,19,20). The molecule has 0 bridgehead atoms. The van der Waals surface area contributed by atoms with Crippen LogP contribution in [0.3, 0.4) is 0 Å². The van der Waals surface area contributed by atoms with Gasteiger partial charge in [-0.1, -0.05) is 18.2 Å². The van der Waals surface area contributed by atoms with Crippen LogP contribution in [0, 0.1) is 12.7 Å². The first kappa shape index (κ1) is 15.0. The van der Waals surface area contributed by atoms with Crippen molar-refractivity contribution in [1.29, 1.82) is 0 Å². The second kappa shape index (κ2) is 6.88. The number of carbonyl (C=O) groups is 1. The van der Waals surface area contributed by atoms with Crippen LogP contribution in [0.4, 0.5) is 10.1 Å². The molecule has 21 heavy (non-hydrogen) atoms. The van der Waals surface area contributed by atoms with E-state index < -0.39 is 0 Å². The van der Waals surface area contributed by atoms with Crippen LogP contribution in [0.15, 0.2) is 42.5 Å². The maximum absolute atomic E-state index is 13.0. The van der Waals surface area contributed by atoms with Gasteiger partial charge in [-0.05, 0) is 48.7 Å². The lowest BCUT2D eigenvalue weighted by atomic mass is 10.1. The minimum atomic E-state index is -0.306. The summed E-state index contributed by atoms with van der Waals surface area (Å²) in [7, 11) is 1.61. The average Bonchev–Trinajstić information content (AvgIpc) is 2.48. The summed E-state index contributed by atoms with van der Waals surface area (Å²) in [5.74, 6) is 0.374. The number of para-hydroxylation sites is 1. The number of hydrogen-bond donors (Lipinski definition) is 1. The Labute approximate surface area is 123 Å². The molecule has 1 N–H and O–H groups in total. The van der Waals surface area contributed by atoms with Crippen molar-refractivity contribution in [3.05, 3.63) is 59.4 Å². The Hall–Kier alpha value is -2.36. The van der Waals surface area contributed by atoms with Gasteiger partial charge in [-0.15, -0.1) is 0 Å². The average molecular weight is 287 g/mol. The van der Waals surface area contributed by atoms with E-state index in [9.17, 15) is 9.18 Å². The molecule has 2 rings (SSSR count). The number of methoxy groups -OCH3 is 1. The smallest absolute Gasteiger partial charge is 0.224 e. The number of benzene rings is 2. The zero-order valence-electron chi connectivity index (χ0n) is 12.2. The van der Waals surface area contributed by atoms with Crippen molar-refractivity contribution in [2.24, 2.45) is 0 Å². The van der Waals surface area contributed by atoms with Gasteiger partial charge in [0.05, 0.1) is 7.11 Å². The molecule has 0 aliphatic rings. The fourth-order valence-electron chi connectivity index (χ4n) is 2.14. The summed E-state index contributed by atoms with van der Waals surface area (Å²) in [6, 6.07) is 11.9. The molecule has 3 nitrogen and oxygen atoms in total. The molecule has 1 amide bonds. The van der Waals surface area contributed by atoms with E-state index in [1.165, 1.54) is 12.1 Å². The Balaban J connectivity index is 1.96. The SMILES string of the molecule is COc1ccccc1CCC(=O)Nc1ccc(F)cc1C. The molecule has 0 aliphatic heterocycles. The van der Waals surface area contributed by atoms with Crippen molar-refractivity contribution >= 4 is 11.6 Å². The van der Waals surface area contributed by atoms with Gasteiger partial charge in [-0.25, -0.2) is 4.39 Å². The zero-order chi connectivity index (χ0) is 15.2. The predicted octanol–water partition coefficient (Wildman–Crippen LogP) is 3.71. The zero-order valence-corrected chi connectivity index (χ0v) is 12.2. The molecule has 0 fully saturated rings. The van der Waals surface area contributed by atoms with E-state index in [1.807, 2.05) is 24.3 Å². The molecule has 0 saturated carbocycles. The monoisotopic (exact) mass is 287 g/mol. The van der Waals surface area contributed by atoms with Crippen LogP contribution in [0.5, 0.6) is 5.75 Å². The fourth-order valence-corrected chi connectivity index (χ4v) is 2.14. The van der Waals surface area contributed by atoms with Crippen molar-refractivity contribution in [2.45, 2.75) is 19.8 Å². The summed E-state index contributed by atoms with van der Waals surface area (Å²) in [6.07, 6.45) is 0.938. The number of rotatable bonds is 5. The van der Waals surface area contributed by atoms with Gasteiger partial charge in [0.2, 0.25) is 5.91 Å². The van der Waals surface area contributed by atoms with Crippen LogP contribution in [0.1, 0.15) is 17.5 Å². The van der Waals surface area contributed by atoms with Gasteiger partial charge >= 0.3 is 0 Å².